The lowest BCUT2D eigenvalue weighted by atomic mass is 10.2. The SMILES string of the molecule is Cc1ccc(NC(=O)c2ccc(C(=O)Nc3ccc(NC(=O)OC(C)(C)C)c(F)c3)o2)cc1F. The van der Waals surface area contributed by atoms with Gasteiger partial charge in [0.1, 0.15) is 17.2 Å². The number of amides is 3. The maximum atomic E-state index is 14.3. The number of aryl methyl sites for hydroxylation is 1. The minimum Gasteiger partial charge on any atom is -0.446 e. The van der Waals surface area contributed by atoms with E-state index >= 15 is 0 Å². The summed E-state index contributed by atoms with van der Waals surface area (Å²) in [5.74, 6) is -3.05. The van der Waals surface area contributed by atoms with E-state index in [9.17, 15) is 23.2 Å². The quantitative estimate of drug-likeness (QED) is 0.441. The second-order valence-corrected chi connectivity index (χ2v) is 8.36. The van der Waals surface area contributed by atoms with Crippen molar-refractivity contribution in [2.24, 2.45) is 0 Å². The lowest BCUT2D eigenvalue weighted by molar-refractivity contribution is 0.0634. The van der Waals surface area contributed by atoms with E-state index in [1.165, 1.54) is 42.5 Å². The molecule has 0 unspecified atom stereocenters. The molecule has 0 saturated carbocycles. The number of halogens is 2. The summed E-state index contributed by atoms with van der Waals surface area (Å²) in [6.45, 7) is 6.62. The average Bonchev–Trinajstić information content (AvgIpc) is 3.22. The number of ether oxygens (including phenoxy) is 1. The van der Waals surface area contributed by atoms with E-state index in [0.717, 1.165) is 6.07 Å². The minimum absolute atomic E-state index is 0.0924. The lowest BCUT2D eigenvalue weighted by Gasteiger charge is -2.19. The van der Waals surface area contributed by atoms with Gasteiger partial charge >= 0.3 is 6.09 Å². The molecule has 10 heteroatoms. The molecule has 0 bridgehead atoms. The predicted octanol–water partition coefficient (Wildman–Crippen LogP) is 5.72. The van der Waals surface area contributed by atoms with Crippen molar-refractivity contribution < 1.29 is 32.3 Å². The highest BCUT2D eigenvalue weighted by molar-refractivity contribution is 6.05. The van der Waals surface area contributed by atoms with Crippen molar-refractivity contribution in [2.45, 2.75) is 33.3 Å². The Kier molecular flexibility index (Phi) is 7.00. The van der Waals surface area contributed by atoms with Crippen molar-refractivity contribution in [3.05, 3.63) is 77.2 Å². The largest absolute Gasteiger partial charge is 0.446 e. The smallest absolute Gasteiger partial charge is 0.412 e. The van der Waals surface area contributed by atoms with Gasteiger partial charge < -0.3 is 19.8 Å². The van der Waals surface area contributed by atoms with Crippen LogP contribution in [-0.4, -0.2) is 23.5 Å². The average molecular weight is 471 g/mol. The van der Waals surface area contributed by atoms with Crippen LogP contribution in [-0.2, 0) is 4.74 Å². The van der Waals surface area contributed by atoms with Gasteiger partial charge in [-0.1, -0.05) is 6.07 Å². The number of nitrogens with one attached hydrogen (secondary N) is 3. The van der Waals surface area contributed by atoms with Crippen molar-refractivity contribution in [1.29, 1.82) is 0 Å². The van der Waals surface area contributed by atoms with Gasteiger partial charge in [-0.2, -0.15) is 0 Å². The molecule has 0 saturated heterocycles. The van der Waals surface area contributed by atoms with Crippen LogP contribution >= 0.6 is 0 Å². The first-order valence-electron chi connectivity index (χ1n) is 10.2. The zero-order chi connectivity index (χ0) is 25.0. The molecule has 0 atom stereocenters. The van der Waals surface area contributed by atoms with Gasteiger partial charge in [0.2, 0.25) is 0 Å². The fraction of sp³-hybridized carbons (Fsp3) is 0.208. The van der Waals surface area contributed by atoms with Gasteiger partial charge in [0.25, 0.3) is 11.8 Å². The molecule has 8 nitrogen and oxygen atoms in total. The number of hydrogen-bond acceptors (Lipinski definition) is 5. The zero-order valence-electron chi connectivity index (χ0n) is 18.9. The molecule has 3 aromatic rings. The first kappa shape index (κ1) is 24.4. The Morgan fingerprint density at radius 3 is 1.82 bits per heavy atom. The topological polar surface area (TPSA) is 110 Å². The molecule has 1 heterocycles. The summed E-state index contributed by atoms with van der Waals surface area (Å²) in [5.41, 5.74) is -0.124. The number of carbonyl (C=O) groups excluding carboxylic acids is 3. The Morgan fingerprint density at radius 2 is 1.32 bits per heavy atom. The monoisotopic (exact) mass is 471 g/mol. The molecule has 1 aromatic heterocycles. The number of anilines is 3. The molecule has 34 heavy (non-hydrogen) atoms. The van der Waals surface area contributed by atoms with Crippen molar-refractivity contribution in [2.75, 3.05) is 16.0 Å². The maximum Gasteiger partial charge on any atom is 0.412 e. The summed E-state index contributed by atoms with van der Waals surface area (Å²) in [5, 5.41) is 7.19. The molecular weight excluding hydrogens is 448 g/mol. The van der Waals surface area contributed by atoms with Gasteiger partial charge in [-0.05, 0) is 75.7 Å². The van der Waals surface area contributed by atoms with Crippen LogP contribution in [0.25, 0.3) is 0 Å². The van der Waals surface area contributed by atoms with Crippen LogP contribution in [0.4, 0.5) is 30.6 Å². The number of benzene rings is 2. The summed E-state index contributed by atoms with van der Waals surface area (Å²) >= 11 is 0. The third kappa shape index (κ3) is 6.41. The number of carbonyl (C=O) groups is 3. The molecule has 2 aromatic carbocycles. The van der Waals surface area contributed by atoms with E-state index < -0.39 is 35.1 Å². The number of hydrogen-bond donors (Lipinski definition) is 3. The highest BCUT2D eigenvalue weighted by Gasteiger charge is 2.19. The van der Waals surface area contributed by atoms with Gasteiger partial charge in [-0.3, -0.25) is 14.9 Å². The first-order valence-corrected chi connectivity index (χ1v) is 10.2. The van der Waals surface area contributed by atoms with Crippen LogP contribution < -0.4 is 16.0 Å². The van der Waals surface area contributed by atoms with E-state index in [-0.39, 0.29) is 28.6 Å². The molecule has 178 valence electrons. The van der Waals surface area contributed by atoms with Crippen LogP contribution in [0.15, 0.2) is 52.9 Å². The van der Waals surface area contributed by atoms with Gasteiger partial charge in [-0.15, -0.1) is 0 Å². The van der Waals surface area contributed by atoms with Gasteiger partial charge in [0, 0.05) is 11.4 Å². The Morgan fingerprint density at radius 1 is 0.794 bits per heavy atom. The molecule has 0 fully saturated rings. The number of furan rings is 1. The molecule has 0 aliphatic heterocycles. The molecule has 3 amide bonds. The number of rotatable bonds is 5. The fourth-order valence-electron chi connectivity index (χ4n) is 2.75. The molecular formula is C24H23F2N3O5. The Balaban J connectivity index is 1.62. The Hall–Kier alpha value is -4.21. The second-order valence-electron chi connectivity index (χ2n) is 8.36. The minimum atomic E-state index is -0.821. The maximum absolute atomic E-state index is 14.3. The van der Waals surface area contributed by atoms with Crippen LogP contribution in [0.1, 0.15) is 47.4 Å². The van der Waals surface area contributed by atoms with E-state index in [0.29, 0.717) is 5.56 Å². The Labute approximate surface area is 194 Å². The molecule has 3 rings (SSSR count). The van der Waals surface area contributed by atoms with E-state index in [1.54, 1.807) is 27.7 Å². The van der Waals surface area contributed by atoms with E-state index in [2.05, 4.69) is 16.0 Å². The normalized spacial score (nSPS) is 11.0. The summed E-state index contributed by atoms with van der Waals surface area (Å²) in [6.07, 6.45) is -0.821. The van der Waals surface area contributed by atoms with Crippen molar-refractivity contribution in [3.63, 3.8) is 0 Å². The predicted molar refractivity (Wildman–Crippen MR) is 122 cm³/mol. The van der Waals surface area contributed by atoms with Gasteiger partial charge in [0.15, 0.2) is 11.5 Å². The van der Waals surface area contributed by atoms with Crippen LogP contribution in [0.5, 0.6) is 0 Å². The van der Waals surface area contributed by atoms with E-state index in [4.69, 9.17) is 9.15 Å². The molecule has 0 spiro atoms. The Bertz CT molecular complexity index is 1250. The summed E-state index contributed by atoms with van der Waals surface area (Å²) in [4.78, 5) is 36.5. The molecule has 3 N–H and O–H groups in total. The van der Waals surface area contributed by atoms with Crippen molar-refractivity contribution in [3.8, 4) is 0 Å². The molecule has 0 aliphatic carbocycles. The van der Waals surface area contributed by atoms with Crippen molar-refractivity contribution >= 4 is 35.0 Å². The van der Waals surface area contributed by atoms with Crippen LogP contribution in [0.3, 0.4) is 0 Å². The van der Waals surface area contributed by atoms with Crippen molar-refractivity contribution in [1.82, 2.24) is 0 Å². The second kappa shape index (κ2) is 9.74. The fourth-order valence-corrected chi connectivity index (χ4v) is 2.75. The summed E-state index contributed by atoms with van der Waals surface area (Å²) < 4.78 is 38.3. The summed E-state index contributed by atoms with van der Waals surface area (Å²) in [7, 11) is 0. The van der Waals surface area contributed by atoms with Gasteiger partial charge in [-0.25, -0.2) is 13.6 Å². The third-order valence-electron chi connectivity index (χ3n) is 4.35. The molecule has 0 radical (unpaired) electrons. The summed E-state index contributed by atoms with van der Waals surface area (Å²) in [6, 6.07) is 10.4. The standard InChI is InChI=1S/C24H23F2N3O5/c1-13-5-6-14(11-16(13)25)27-21(30)19-9-10-20(33-19)22(31)28-15-7-8-18(17(26)12-15)29-23(32)34-24(2,3)4/h5-12H,1-4H3,(H,27,30)(H,28,31)(H,29,32). The third-order valence-corrected chi connectivity index (χ3v) is 4.35. The highest BCUT2D eigenvalue weighted by Crippen LogP contribution is 2.21. The molecule has 0 aliphatic rings. The van der Waals surface area contributed by atoms with Crippen LogP contribution in [0, 0.1) is 18.6 Å². The van der Waals surface area contributed by atoms with Gasteiger partial charge in [0.05, 0.1) is 5.69 Å². The first-order chi connectivity index (χ1) is 15.9. The zero-order valence-corrected chi connectivity index (χ0v) is 18.9. The lowest BCUT2D eigenvalue weighted by Crippen LogP contribution is -2.27. The van der Waals surface area contributed by atoms with E-state index in [1.807, 2.05) is 0 Å². The van der Waals surface area contributed by atoms with Crippen LogP contribution in [0.2, 0.25) is 0 Å². The highest BCUT2D eigenvalue weighted by atomic mass is 19.1.